The number of benzene rings is 1. The van der Waals surface area contributed by atoms with E-state index in [0.717, 1.165) is 59.2 Å². The van der Waals surface area contributed by atoms with Crippen LogP contribution in [0.5, 0.6) is 11.5 Å². The molecule has 2 amide bonds. The molecule has 0 radical (unpaired) electrons. The second-order valence-electron chi connectivity index (χ2n) is 8.31. The van der Waals surface area contributed by atoms with Crippen molar-refractivity contribution in [2.45, 2.75) is 33.1 Å². The molecule has 0 saturated carbocycles. The van der Waals surface area contributed by atoms with E-state index in [1.54, 1.807) is 10.8 Å². The van der Waals surface area contributed by atoms with E-state index in [1.165, 1.54) is 11.3 Å². The van der Waals surface area contributed by atoms with Gasteiger partial charge in [-0.25, -0.2) is 4.79 Å². The highest BCUT2D eigenvalue weighted by atomic mass is 32.1. The molecular weight excluding hydrogens is 436 g/mol. The van der Waals surface area contributed by atoms with Crippen LogP contribution in [0.1, 0.15) is 41.6 Å². The fourth-order valence-electron chi connectivity index (χ4n) is 4.28. The van der Waals surface area contributed by atoms with Crippen LogP contribution in [-0.4, -0.2) is 46.0 Å². The molecule has 4 heterocycles. The molecule has 1 aliphatic heterocycles. The van der Waals surface area contributed by atoms with Crippen molar-refractivity contribution in [3.05, 3.63) is 53.2 Å². The van der Waals surface area contributed by atoms with Crippen molar-refractivity contribution in [1.29, 1.82) is 0 Å². The number of ether oxygens (including phenoxy) is 1. The molecule has 5 rings (SSSR count). The van der Waals surface area contributed by atoms with Gasteiger partial charge in [-0.2, -0.15) is 0 Å². The molecule has 170 valence electrons. The molecule has 0 bridgehead atoms. The van der Waals surface area contributed by atoms with E-state index in [-0.39, 0.29) is 11.9 Å². The van der Waals surface area contributed by atoms with Crippen LogP contribution in [0.2, 0.25) is 0 Å². The van der Waals surface area contributed by atoms with Crippen molar-refractivity contribution in [3.63, 3.8) is 0 Å². The Kier molecular flexibility index (Phi) is 5.76. The zero-order valence-electron chi connectivity index (χ0n) is 18.8. The highest BCUT2D eigenvalue weighted by molar-refractivity contribution is 7.21. The number of likely N-dealkylation sites (tertiary alicyclic amines) is 1. The number of rotatable bonds is 5. The number of thiophene rings is 1. The number of fused-ring (bicyclic) bond motifs is 2. The summed E-state index contributed by atoms with van der Waals surface area (Å²) in [6, 6.07) is 11.2. The van der Waals surface area contributed by atoms with Gasteiger partial charge in [0, 0.05) is 43.0 Å². The Balaban J connectivity index is 1.44. The summed E-state index contributed by atoms with van der Waals surface area (Å²) in [6.07, 6.45) is 4.71. The first-order valence-corrected chi connectivity index (χ1v) is 12.1. The van der Waals surface area contributed by atoms with Crippen molar-refractivity contribution in [2.24, 2.45) is 0 Å². The van der Waals surface area contributed by atoms with Crippen LogP contribution in [0, 0.1) is 6.92 Å². The average Bonchev–Trinajstić information content (AvgIpc) is 3.55. The Morgan fingerprint density at radius 3 is 2.76 bits per heavy atom. The maximum atomic E-state index is 12.8. The summed E-state index contributed by atoms with van der Waals surface area (Å²) in [6.45, 7) is 6.22. The van der Waals surface area contributed by atoms with E-state index in [9.17, 15) is 9.59 Å². The van der Waals surface area contributed by atoms with Crippen molar-refractivity contribution < 1.29 is 14.3 Å². The fraction of sp³-hybridized carbons (Fsp3) is 0.320. The number of aryl methyl sites for hydroxylation is 1. The summed E-state index contributed by atoms with van der Waals surface area (Å²) in [5, 5.41) is 3.86. The highest BCUT2D eigenvalue weighted by Gasteiger charge is 2.22. The number of hydrogen-bond acceptors (Lipinski definition) is 5. The molecular formula is C25H26N4O3S. The molecule has 1 N–H and O–H groups in total. The summed E-state index contributed by atoms with van der Waals surface area (Å²) in [5.74, 6) is 1.41. The lowest BCUT2D eigenvalue weighted by atomic mass is 10.2. The van der Waals surface area contributed by atoms with Gasteiger partial charge in [-0.3, -0.25) is 14.3 Å². The summed E-state index contributed by atoms with van der Waals surface area (Å²) in [5.41, 5.74) is 2.46. The maximum absolute atomic E-state index is 12.8. The standard InChI is InChI=1S/C25H26N4O3S/c1-3-9-27-25(31)29-16(2)13-17-14-18(6-7-20(17)29)32-21-8-10-26-19-15-22(33-23(19)21)24(30)28-11-4-5-12-28/h6-8,10,13-15H,3-5,9,11-12H2,1-2H3,(H,27,31). The summed E-state index contributed by atoms with van der Waals surface area (Å²) >= 11 is 1.42. The van der Waals surface area contributed by atoms with E-state index in [1.807, 2.05) is 55.1 Å². The van der Waals surface area contributed by atoms with Crippen LogP contribution in [0.25, 0.3) is 21.1 Å². The first-order valence-electron chi connectivity index (χ1n) is 11.3. The topological polar surface area (TPSA) is 76.5 Å². The number of nitrogens with one attached hydrogen (secondary N) is 1. The smallest absolute Gasteiger partial charge is 0.326 e. The van der Waals surface area contributed by atoms with Gasteiger partial charge < -0.3 is 15.0 Å². The molecule has 3 aromatic heterocycles. The van der Waals surface area contributed by atoms with Gasteiger partial charge in [0.05, 0.1) is 20.6 Å². The average molecular weight is 463 g/mol. The second-order valence-corrected chi connectivity index (χ2v) is 9.36. The Bertz CT molecular complexity index is 1350. The molecule has 4 aromatic rings. The molecule has 7 nitrogen and oxygen atoms in total. The van der Waals surface area contributed by atoms with Crippen molar-refractivity contribution in [2.75, 3.05) is 19.6 Å². The number of carbonyl (C=O) groups excluding carboxylic acids is 2. The molecule has 0 aliphatic carbocycles. The molecule has 1 fully saturated rings. The van der Waals surface area contributed by atoms with E-state index in [2.05, 4.69) is 10.3 Å². The molecule has 0 atom stereocenters. The van der Waals surface area contributed by atoms with E-state index in [0.29, 0.717) is 22.9 Å². The van der Waals surface area contributed by atoms with Crippen LogP contribution in [0.3, 0.4) is 0 Å². The van der Waals surface area contributed by atoms with Crippen molar-refractivity contribution >= 4 is 44.4 Å². The van der Waals surface area contributed by atoms with Crippen LogP contribution in [-0.2, 0) is 0 Å². The minimum absolute atomic E-state index is 0.0704. The lowest BCUT2D eigenvalue weighted by molar-refractivity contribution is 0.0797. The number of amides is 2. The first kappa shape index (κ1) is 21.5. The lowest BCUT2D eigenvalue weighted by Crippen LogP contribution is -2.29. The van der Waals surface area contributed by atoms with Crippen LogP contribution in [0.15, 0.2) is 42.6 Å². The Hall–Kier alpha value is -3.39. The Morgan fingerprint density at radius 1 is 1.15 bits per heavy atom. The zero-order valence-corrected chi connectivity index (χ0v) is 19.6. The molecule has 1 aliphatic rings. The number of aromatic nitrogens is 2. The van der Waals surface area contributed by atoms with Gasteiger partial charge in [0.25, 0.3) is 5.91 Å². The fourth-order valence-corrected chi connectivity index (χ4v) is 5.31. The van der Waals surface area contributed by atoms with Crippen LogP contribution in [0.4, 0.5) is 4.79 Å². The monoisotopic (exact) mass is 462 g/mol. The number of nitrogens with zero attached hydrogens (tertiary/aromatic N) is 3. The normalized spacial score (nSPS) is 13.7. The van der Waals surface area contributed by atoms with Gasteiger partial charge in [0.15, 0.2) is 0 Å². The molecule has 33 heavy (non-hydrogen) atoms. The summed E-state index contributed by atoms with van der Waals surface area (Å²) < 4.78 is 8.77. The van der Waals surface area contributed by atoms with Gasteiger partial charge in [-0.15, -0.1) is 11.3 Å². The third-order valence-corrected chi connectivity index (χ3v) is 7.02. The van der Waals surface area contributed by atoms with Crippen LogP contribution >= 0.6 is 11.3 Å². The van der Waals surface area contributed by atoms with E-state index in [4.69, 9.17) is 4.74 Å². The molecule has 0 spiro atoms. The quantitative estimate of drug-likeness (QED) is 0.422. The van der Waals surface area contributed by atoms with E-state index >= 15 is 0 Å². The predicted molar refractivity (Wildman–Crippen MR) is 131 cm³/mol. The lowest BCUT2D eigenvalue weighted by Gasteiger charge is -2.13. The van der Waals surface area contributed by atoms with Gasteiger partial charge >= 0.3 is 6.03 Å². The van der Waals surface area contributed by atoms with Gasteiger partial charge in [-0.05, 0) is 56.5 Å². The predicted octanol–water partition coefficient (Wildman–Crippen LogP) is 5.56. The van der Waals surface area contributed by atoms with Gasteiger partial charge in [0.1, 0.15) is 11.5 Å². The molecule has 1 aromatic carbocycles. The maximum Gasteiger partial charge on any atom is 0.326 e. The molecule has 8 heteroatoms. The van der Waals surface area contributed by atoms with Crippen molar-refractivity contribution in [1.82, 2.24) is 19.8 Å². The Morgan fingerprint density at radius 2 is 1.97 bits per heavy atom. The minimum atomic E-state index is -0.123. The second kappa shape index (κ2) is 8.86. The number of pyridine rings is 1. The molecule has 1 saturated heterocycles. The third kappa shape index (κ3) is 4.06. The SMILES string of the molecule is CCCNC(=O)n1c(C)cc2cc(Oc3ccnc4cc(C(=O)N5CCCC5)sc34)ccc21. The highest BCUT2D eigenvalue weighted by Crippen LogP contribution is 2.36. The van der Waals surface area contributed by atoms with Gasteiger partial charge in [-0.1, -0.05) is 6.92 Å². The molecule has 0 unspecified atom stereocenters. The third-order valence-electron chi connectivity index (χ3n) is 5.89. The summed E-state index contributed by atoms with van der Waals surface area (Å²) in [4.78, 5) is 32.4. The number of carbonyl (C=O) groups is 2. The van der Waals surface area contributed by atoms with Crippen LogP contribution < -0.4 is 10.1 Å². The number of hydrogen-bond donors (Lipinski definition) is 1. The van der Waals surface area contributed by atoms with E-state index < -0.39 is 0 Å². The minimum Gasteiger partial charge on any atom is -0.456 e. The zero-order chi connectivity index (χ0) is 22.9. The largest absolute Gasteiger partial charge is 0.456 e. The Labute approximate surface area is 196 Å². The summed E-state index contributed by atoms with van der Waals surface area (Å²) in [7, 11) is 0. The van der Waals surface area contributed by atoms with Gasteiger partial charge in [0.2, 0.25) is 0 Å². The van der Waals surface area contributed by atoms with Crippen molar-refractivity contribution in [3.8, 4) is 11.5 Å². The first-order chi connectivity index (χ1) is 16.0.